The van der Waals surface area contributed by atoms with E-state index < -0.39 is 0 Å². The fraction of sp³-hybridized carbons (Fsp3) is 0.500. The molecule has 1 fully saturated rings. The standard InChI is InChI=1S/C12H14N4O3/c17-12(19-7-8-2-5-18-6-3-8)9-1-4-13-11-10(9)14-16-15-11/h1,4,8H,2-3,5-7H2,(H,13,14,15,16). The van der Waals surface area contributed by atoms with Crippen molar-refractivity contribution < 1.29 is 14.3 Å². The van der Waals surface area contributed by atoms with E-state index in [9.17, 15) is 4.79 Å². The van der Waals surface area contributed by atoms with Gasteiger partial charge in [-0.3, -0.25) is 0 Å². The van der Waals surface area contributed by atoms with E-state index in [-0.39, 0.29) is 5.97 Å². The summed E-state index contributed by atoms with van der Waals surface area (Å²) < 4.78 is 10.6. The van der Waals surface area contributed by atoms with Crippen LogP contribution in [-0.4, -0.2) is 46.2 Å². The Labute approximate surface area is 109 Å². The first-order valence-corrected chi connectivity index (χ1v) is 6.25. The third kappa shape index (κ3) is 2.55. The van der Waals surface area contributed by atoms with Crippen LogP contribution < -0.4 is 0 Å². The van der Waals surface area contributed by atoms with E-state index in [0.717, 1.165) is 26.1 Å². The number of fused-ring (bicyclic) bond motifs is 1. The lowest BCUT2D eigenvalue weighted by molar-refractivity contribution is 0.0187. The number of hydrogen-bond acceptors (Lipinski definition) is 6. The van der Waals surface area contributed by atoms with E-state index in [1.807, 2.05) is 0 Å². The van der Waals surface area contributed by atoms with Gasteiger partial charge in [0.25, 0.3) is 0 Å². The lowest BCUT2D eigenvalue weighted by Gasteiger charge is -2.21. The second-order valence-electron chi connectivity index (χ2n) is 4.51. The van der Waals surface area contributed by atoms with Crippen LogP contribution in [0.1, 0.15) is 23.2 Å². The SMILES string of the molecule is O=C(OCC1CCOCC1)c1ccnc2n[nH]nc12. The van der Waals surface area contributed by atoms with Crippen molar-refractivity contribution >= 4 is 17.1 Å². The highest BCUT2D eigenvalue weighted by Gasteiger charge is 2.19. The van der Waals surface area contributed by atoms with Gasteiger partial charge in [0.05, 0.1) is 12.2 Å². The molecule has 3 rings (SSSR count). The van der Waals surface area contributed by atoms with Gasteiger partial charge in [-0.25, -0.2) is 9.78 Å². The zero-order chi connectivity index (χ0) is 13.1. The van der Waals surface area contributed by atoms with Gasteiger partial charge >= 0.3 is 5.97 Å². The van der Waals surface area contributed by atoms with Crippen LogP contribution in [0.25, 0.3) is 11.2 Å². The lowest BCUT2D eigenvalue weighted by Crippen LogP contribution is -2.22. The molecule has 0 aromatic carbocycles. The number of nitrogens with one attached hydrogen (secondary N) is 1. The summed E-state index contributed by atoms with van der Waals surface area (Å²) in [5.41, 5.74) is 1.26. The Morgan fingerprint density at radius 2 is 2.26 bits per heavy atom. The molecule has 0 spiro atoms. The monoisotopic (exact) mass is 262 g/mol. The highest BCUT2D eigenvalue weighted by molar-refractivity contribution is 6.00. The van der Waals surface area contributed by atoms with Gasteiger partial charge in [0.15, 0.2) is 0 Å². The van der Waals surface area contributed by atoms with Crippen LogP contribution in [0.15, 0.2) is 12.3 Å². The highest BCUT2D eigenvalue weighted by Crippen LogP contribution is 2.17. The molecule has 2 aromatic heterocycles. The summed E-state index contributed by atoms with van der Waals surface area (Å²) in [6.07, 6.45) is 3.39. The van der Waals surface area contributed by atoms with Crippen molar-refractivity contribution in [3.8, 4) is 0 Å². The zero-order valence-electron chi connectivity index (χ0n) is 10.3. The van der Waals surface area contributed by atoms with E-state index in [2.05, 4.69) is 20.4 Å². The number of H-pyrrole nitrogens is 1. The Morgan fingerprint density at radius 1 is 1.42 bits per heavy atom. The minimum Gasteiger partial charge on any atom is -0.462 e. The van der Waals surface area contributed by atoms with Gasteiger partial charge in [-0.15, -0.1) is 5.10 Å². The second kappa shape index (κ2) is 5.31. The summed E-state index contributed by atoms with van der Waals surface area (Å²) in [5.74, 6) is 0.000119. The molecule has 1 aliphatic heterocycles. The number of carbonyl (C=O) groups excluding carboxylic acids is 1. The predicted octanol–water partition coefficient (Wildman–Crippen LogP) is 0.936. The van der Waals surface area contributed by atoms with E-state index in [1.165, 1.54) is 6.20 Å². The predicted molar refractivity (Wildman–Crippen MR) is 65.5 cm³/mol. The van der Waals surface area contributed by atoms with Gasteiger partial charge in [0.2, 0.25) is 5.65 Å². The molecule has 0 saturated carbocycles. The maximum atomic E-state index is 12.0. The average Bonchev–Trinajstić information content (AvgIpc) is 2.94. The van der Waals surface area contributed by atoms with E-state index >= 15 is 0 Å². The van der Waals surface area contributed by atoms with Gasteiger partial charge < -0.3 is 9.47 Å². The van der Waals surface area contributed by atoms with Gasteiger partial charge in [0.1, 0.15) is 5.52 Å². The van der Waals surface area contributed by atoms with Gasteiger partial charge in [-0.2, -0.15) is 10.3 Å². The summed E-state index contributed by atoms with van der Waals surface area (Å²) in [7, 11) is 0. The van der Waals surface area contributed by atoms with E-state index in [1.54, 1.807) is 6.07 Å². The topological polar surface area (TPSA) is 90.0 Å². The summed E-state index contributed by atoms with van der Waals surface area (Å²) in [6.45, 7) is 1.90. The maximum Gasteiger partial charge on any atom is 0.340 e. The number of aromatic nitrogens is 4. The fourth-order valence-corrected chi connectivity index (χ4v) is 2.11. The molecule has 3 heterocycles. The lowest BCUT2D eigenvalue weighted by atomic mass is 10.0. The van der Waals surface area contributed by atoms with Crippen molar-refractivity contribution in [3.63, 3.8) is 0 Å². The highest BCUT2D eigenvalue weighted by atomic mass is 16.5. The molecule has 19 heavy (non-hydrogen) atoms. The second-order valence-corrected chi connectivity index (χ2v) is 4.51. The number of aromatic amines is 1. The number of ether oxygens (including phenoxy) is 2. The molecule has 1 saturated heterocycles. The van der Waals surface area contributed by atoms with Crippen molar-refractivity contribution in [2.75, 3.05) is 19.8 Å². The van der Waals surface area contributed by atoms with Crippen molar-refractivity contribution in [2.45, 2.75) is 12.8 Å². The van der Waals surface area contributed by atoms with Crippen LogP contribution in [0, 0.1) is 5.92 Å². The Bertz CT molecular complexity index is 577. The van der Waals surface area contributed by atoms with Crippen molar-refractivity contribution in [3.05, 3.63) is 17.8 Å². The number of rotatable bonds is 3. The average molecular weight is 262 g/mol. The molecule has 2 aromatic rings. The minimum absolute atomic E-state index is 0.382. The first kappa shape index (κ1) is 12.0. The van der Waals surface area contributed by atoms with Crippen molar-refractivity contribution in [1.29, 1.82) is 0 Å². The first-order chi connectivity index (χ1) is 9.34. The van der Waals surface area contributed by atoms with E-state index in [0.29, 0.717) is 29.3 Å². The van der Waals surface area contributed by atoms with Crippen LogP contribution in [0.3, 0.4) is 0 Å². The van der Waals surface area contributed by atoms with Crippen molar-refractivity contribution in [1.82, 2.24) is 20.4 Å². The third-order valence-electron chi connectivity index (χ3n) is 3.23. The molecule has 0 aliphatic carbocycles. The van der Waals surface area contributed by atoms with Crippen LogP contribution >= 0.6 is 0 Å². The third-order valence-corrected chi connectivity index (χ3v) is 3.23. The summed E-state index contributed by atoms with van der Waals surface area (Å²) >= 11 is 0. The number of hydrogen-bond donors (Lipinski definition) is 1. The van der Waals surface area contributed by atoms with Gasteiger partial charge in [-0.05, 0) is 24.8 Å². The van der Waals surface area contributed by atoms with Crippen molar-refractivity contribution in [2.24, 2.45) is 5.92 Å². The first-order valence-electron chi connectivity index (χ1n) is 6.25. The summed E-state index contributed by atoms with van der Waals surface area (Å²) in [5, 5.41) is 10.2. The molecule has 0 radical (unpaired) electrons. The Kier molecular flexibility index (Phi) is 3.37. The molecule has 1 aliphatic rings. The molecule has 0 unspecified atom stereocenters. The quantitative estimate of drug-likeness (QED) is 0.828. The number of pyridine rings is 1. The van der Waals surface area contributed by atoms with Gasteiger partial charge in [-0.1, -0.05) is 0 Å². The Morgan fingerprint density at radius 3 is 3.11 bits per heavy atom. The number of esters is 1. The van der Waals surface area contributed by atoms with Crippen LogP contribution in [0.2, 0.25) is 0 Å². The molecule has 0 amide bonds. The van der Waals surface area contributed by atoms with Crippen LogP contribution in [0.4, 0.5) is 0 Å². The zero-order valence-corrected chi connectivity index (χ0v) is 10.3. The number of carbonyl (C=O) groups is 1. The summed E-state index contributed by atoms with van der Waals surface area (Å²) in [4.78, 5) is 16.0. The molecule has 7 nitrogen and oxygen atoms in total. The maximum absolute atomic E-state index is 12.0. The normalized spacial score (nSPS) is 16.6. The minimum atomic E-state index is -0.382. The molecule has 0 atom stereocenters. The molecule has 1 N–H and O–H groups in total. The fourth-order valence-electron chi connectivity index (χ4n) is 2.11. The molecular formula is C12H14N4O3. The van der Waals surface area contributed by atoms with Gasteiger partial charge in [0, 0.05) is 19.4 Å². The Balaban J connectivity index is 1.68. The van der Waals surface area contributed by atoms with Crippen LogP contribution in [0.5, 0.6) is 0 Å². The number of nitrogens with zero attached hydrogens (tertiary/aromatic N) is 3. The summed E-state index contributed by atoms with van der Waals surface area (Å²) in [6, 6.07) is 1.59. The van der Waals surface area contributed by atoms with E-state index in [4.69, 9.17) is 9.47 Å². The molecule has 100 valence electrons. The smallest absolute Gasteiger partial charge is 0.340 e. The molecular weight excluding hydrogens is 248 g/mol. The molecule has 7 heteroatoms. The van der Waals surface area contributed by atoms with Crippen LogP contribution in [-0.2, 0) is 9.47 Å². The molecule has 0 bridgehead atoms. The Hall–Kier alpha value is -2.02. The largest absolute Gasteiger partial charge is 0.462 e.